The van der Waals surface area contributed by atoms with Crippen molar-refractivity contribution in [2.45, 2.75) is 34.2 Å². The zero-order valence-electron chi connectivity index (χ0n) is 20.2. The van der Waals surface area contributed by atoms with E-state index in [2.05, 4.69) is 5.32 Å². The van der Waals surface area contributed by atoms with Crippen molar-refractivity contribution < 1.29 is 22.7 Å². The molecule has 0 unspecified atom stereocenters. The maximum Gasteiger partial charge on any atom is 0.244 e. The molecule has 0 bridgehead atoms. The van der Waals surface area contributed by atoms with Crippen molar-refractivity contribution in [2.24, 2.45) is 0 Å². The van der Waals surface area contributed by atoms with Gasteiger partial charge in [0.1, 0.15) is 23.0 Å². The van der Waals surface area contributed by atoms with Gasteiger partial charge < -0.3 is 14.5 Å². The van der Waals surface area contributed by atoms with Gasteiger partial charge in [-0.3, -0.25) is 4.79 Å². The Hall–Kier alpha value is -3.93. The summed E-state index contributed by atoms with van der Waals surface area (Å²) in [5.74, 6) is -1.23. The Kier molecular flexibility index (Phi) is 7.01. The Morgan fingerprint density at radius 3 is 2.43 bits per heavy atom. The number of benzene rings is 3. The van der Waals surface area contributed by atoms with E-state index in [1.54, 1.807) is 13.2 Å². The Balaban J connectivity index is 1.71. The van der Waals surface area contributed by atoms with Gasteiger partial charge in [0, 0.05) is 40.3 Å². The quantitative estimate of drug-likeness (QED) is 0.290. The number of hydrogen-bond acceptors (Lipinski definition) is 3. The van der Waals surface area contributed by atoms with E-state index in [0.717, 1.165) is 50.9 Å². The molecule has 0 aliphatic heterocycles. The number of rotatable bonds is 7. The average Bonchev–Trinajstić information content (AvgIpc) is 3.25. The van der Waals surface area contributed by atoms with Crippen LogP contribution in [0.15, 0.2) is 65.3 Å². The highest BCUT2D eigenvalue weighted by molar-refractivity contribution is 6.01. The Morgan fingerprint density at radius 2 is 1.77 bits per heavy atom. The number of amides is 1. The van der Waals surface area contributed by atoms with Gasteiger partial charge in [-0.2, -0.15) is 0 Å². The van der Waals surface area contributed by atoms with Gasteiger partial charge in [0.2, 0.25) is 5.91 Å². The first-order valence-corrected chi connectivity index (χ1v) is 11.4. The third kappa shape index (κ3) is 4.97. The number of fused-ring (bicyclic) bond motifs is 1. The Morgan fingerprint density at radius 1 is 1.09 bits per heavy atom. The van der Waals surface area contributed by atoms with Crippen molar-refractivity contribution in [3.63, 3.8) is 0 Å². The molecule has 4 aromatic rings. The third-order valence-electron chi connectivity index (χ3n) is 5.97. The van der Waals surface area contributed by atoms with E-state index in [9.17, 15) is 13.6 Å². The Bertz CT molecular complexity index is 1400. The minimum Gasteiger partial charge on any atom is -0.493 e. The lowest BCUT2D eigenvalue weighted by molar-refractivity contribution is -0.116. The molecule has 4 nitrogen and oxygen atoms in total. The first-order valence-electron chi connectivity index (χ1n) is 11.4. The molecule has 0 atom stereocenters. The van der Waals surface area contributed by atoms with E-state index < -0.39 is 17.5 Å². The topological polar surface area (TPSA) is 51.5 Å². The van der Waals surface area contributed by atoms with Crippen LogP contribution in [0.4, 0.5) is 8.78 Å². The molecule has 1 aromatic heterocycles. The molecule has 3 aromatic carbocycles. The minimum atomic E-state index is -0.700. The molecule has 0 saturated heterocycles. The smallest absolute Gasteiger partial charge is 0.244 e. The largest absolute Gasteiger partial charge is 0.493 e. The second-order valence-electron chi connectivity index (χ2n) is 8.45. The maximum atomic E-state index is 13.9. The van der Waals surface area contributed by atoms with Crippen molar-refractivity contribution in [3.8, 4) is 16.9 Å². The first kappa shape index (κ1) is 24.2. The van der Waals surface area contributed by atoms with Crippen LogP contribution in [-0.2, 0) is 11.3 Å². The fourth-order valence-electron chi connectivity index (χ4n) is 4.10. The molecule has 0 fully saturated rings. The molecule has 180 valence electrons. The van der Waals surface area contributed by atoms with Gasteiger partial charge >= 0.3 is 0 Å². The molecule has 4 rings (SSSR count). The van der Waals surface area contributed by atoms with E-state index in [1.165, 1.54) is 12.1 Å². The van der Waals surface area contributed by atoms with Crippen LogP contribution in [-0.4, -0.2) is 12.5 Å². The number of ether oxygens (including phenoxy) is 1. The number of aryl methyl sites for hydroxylation is 2. The highest BCUT2D eigenvalue weighted by Crippen LogP contribution is 2.40. The van der Waals surface area contributed by atoms with E-state index in [-0.39, 0.29) is 12.1 Å². The number of allylic oxidation sites excluding steroid dienone is 1. The molecule has 1 N–H and O–H groups in total. The second-order valence-corrected chi connectivity index (χ2v) is 8.45. The van der Waals surface area contributed by atoms with Gasteiger partial charge in [-0.25, -0.2) is 8.78 Å². The Labute approximate surface area is 203 Å². The van der Waals surface area contributed by atoms with Crippen molar-refractivity contribution >= 4 is 22.4 Å². The summed E-state index contributed by atoms with van der Waals surface area (Å²) in [6.45, 7) is 7.84. The molecule has 0 aliphatic rings. The fraction of sp³-hybridized carbons (Fsp3) is 0.207. The highest BCUT2D eigenvalue weighted by Gasteiger charge is 2.19. The van der Waals surface area contributed by atoms with Crippen LogP contribution >= 0.6 is 0 Å². The third-order valence-corrected chi connectivity index (χ3v) is 5.97. The molecule has 0 saturated carbocycles. The number of hydrogen-bond donors (Lipinski definition) is 1. The van der Waals surface area contributed by atoms with E-state index >= 15 is 0 Å². The summed E-state index contributed by atoms with van der Waals surface area (Å²) in [6, 6.07) is 13.8. The van der Waals surface area contributed by atoms with E-state index in [4.69, 9.17) is 9.15 Å². The van der Waals surface area contributed by atoms with Crippen LogP contribution < -0.4 is 10.1 Å². The van der Waals surface area contributed by atoms with E-state index in [1.807, 2.05) is 51.1 Å². The molecule has 6 heteroatoms. The molecule has 1 heterocycles. The lowest BCUT2D eigenvalue weighted by Crippen LogP contribution is -2.22. The van der Waals surface area contributed by atoms with Crippen LogP contribution in [0.25, 0.3) is 27.7 Å². The van der Waals surface area contributed by atoms with Gasteiger partial charge in [0.15, 0.2) is 0 Å². The van der Waals surface area contributed by atoms with Gasteiger partial charge in [-0.05, 0) is 57.0 Å². The molecule has 1 amide bonds. The van der Waals surface area contributed by atoms with Crippen LogP contribution in [0.2, 0.25) is 0 Å². The number of halogens is 2. The summed E-state index contributed by atoms with van der Waals surface area (Å²) < 4.78 is 39.7. The normalized spacial score (nSPS) is 11.7. The summed E-state index contributed by atoms with van der Waals surface area (Å²) in [6.07, 6.45) is 3.14. The van der Waals surface area contributed by atoms with Crippen LogP contribution in [0.3, 0.4) is 0 Å². The maximum absolute atomic E-state index is 13.9. The fourth-order valence-corrected chi connectivity index (χ4v) is 4.10. The van der Waals surface area contributed by atoms with Gasteiger partial charge in [-0.15, -0.1) is 0 Å². The molecule has 0 spiro atoms. The van der Waals surface area contributed by atoms with Crippen molar-refractivity contribution in [1.82, 2.24) is 5.32 Å². The molecular weight excluding hydrogens is 448 g/mol. The summed E-state index contributed by atoms with van der Waals surface area (Å²) in [5, 5.41) is 3.48. The lowest BCUT2D eigenvalue weighted by atomic mass is 9.96. The summed E-state index contributed by atoms with van der Waals surface area (Å²) in [4.78, 5) is 12.6. The molecule has 35 heavy (non-hydrogen) atoms. The van der Waals surface area contributed by atoms with Crippen molar-refractivity contribution in [1.29, 1.82) is 0 Å². The first-order chi connectivity index (χ1) is 16.8. The van der Waals surface area contributed by atoms with Crippen LogP contribution in [0.5, 0.6) is 5.75 Å². The van der Waals surface area contributed by atoms with Crippen molar-refractivity contribution in [3.05, 3.63) is 94.8 Å². The predicted octanol–water partition coefficient (Wildman–Crippen LogP) is 7.11. The van der Waals surface area contributed by atoms with Gasteiger partial charge in [0.25, 0.3) is 0 Å². The van der Waals surface area contributed by atoms with Crippen LogP contribution in [0, 0.1) is 25.5 Å². The number of carbonyl (C=O) groups is 1. The highest BCUT2D eigenvalue weighted by atomic mass is 19.1. The number of carbonyl (C=O) groups excluding carboxylic acids is 1. The molecule has 0 radical (unpaired) electrons. The predicted molar refractivity (Wildman–Crippen MR) is 134 cm³/mol. The van der Waals surface area contributed by atoms with E-state index in [0.29, 0.717) is 17.9 Å². The zero-order chi connectivity index (χ0) is 25.1. The minimum absolute atomic E-state index is 0.180. The SMILES string of the molecule is CCOc1c(/C(C)=C/C(=O)NCc2c(F)cccc2F)cc2c(-c3ccc(C)cc3)coc2c1C. The van der Waals surface area contributed by atoms with Crippen molar-refractivity contribution in [2.75, 3.05) is 6.61 Å². The standard InChI is InChI=1S/C29H27F2NO3/c1-5-34-28-19(4)29-22(24(16-35-29)20-11-9-17(2)10-12-20)14-21(28)18(3)13-27(33)32-15-23-25(30)7-6-8-26(23)31/h6-14,16H,5,15H2,1-4H3,(H,32,33)/b18-13+. The summed E-state index contributed by atoms with van der Waals surface area (Å²) in [7, 11) is 0. The molecule has 0 aliphatic carbocycles. The lowest BCUT2D eigenvalue weighted by Gasteiger charge is -2.15. The average molecular weight is 476 g/mol. The molecular formula is C29H27F2NO3. The van der Waals surface area contributed by atoms with Gasteiger partial charge in [0.05, 0.1) is 12.9 Å². The zero-order valence-corrected chi connectivity index (χ0v) is 20.2. The van der Waals surface area contributed by atoms with Crippen LogP contribution in [0.1, 0.15) is 36.1 Å². The monoisotopic (exact) mass is 475 g/mol. The second kappa shape index (κ2) is 10.1. The summed E-state index contributed by atoms with van der Waals surface area (Å²) >= 11 is 0. The summed E-state index contributed by atoms with van der Waals surface area (Å²) in [5.41, 5.74) is 5.91. The number of furan rings is 1. The number of nitrogens with one attached hydrogen (secondary N) is 1. The van der Waals surface area contributed by atoms with Gasteiger partial charge in [-0.1, -0.05) is 35.9 Å².